The van der Waals surface area contributed by atoms with E-state index in [-0.39, 0.29) is 52.6 Å². The number of ketones is 1. The summed E-state index contributed by atoms with van der Waals surface area (Å²) in [5, 5.41) is 3.07. The third-order valence-electron chi connectivity index (χ3n) is 6.22. The predicted molar refractivity (Wildman–Crippen MR) is 125 cm³/mol. The minimum Gasteiger partial charge on any atom is -0.376 e. The molecule has 0 radical (unpaired) electrons. The van der Waals surface area contributed by atoms with Crippen LogP contribution in [0.5, 0.6) is 0 Å². The molecule has 5 rings (SSSR count). The predicted octanol–water partition coefficient (Wildman–Crippen LogP) is 3.73. The van der Waals surface area contributed by atoms with E-state index >= 15 is 0 Å². The van der Waals surface area contributed by atoms with Crippen LogP contribution in [0.2, 0.25) is 0 Å². The van der Waals surface area contributed by atoms with E-state index in [4.69, 9.17) is 9.47 Å². The van der Waals surface area contributed by atoms with E-state index in [2.05, 4.69) is 15.3 Å². The van der Waals surface area contributed by atoms with Gasteiger partial charge >= 0.3 is 0 Å². The highest BCUT2D eigenvalue weighted by molar-refractivity contribution is 7.90. The number of ether oxygens (including phenoxy) is 2. The number of nitrogens with one attached hydrogen (secondary N) is 1. The average molecular weight is 506 g/mol. The lowest BCUT2D eigenvalue weighted by Gasteiger charge is -2.24. The largest absolute Gasteiger partial charge is 0.376 e. The number of aromatic nitrogens is 1. The lowest BCUT2D eigenvalue weighted by molar-refractivity contribution is -0.119. The summed E-state index contributed by atoms with van der Waals surface area (Å²) in [6, 6.07) is 6.47. The highest BCUT2D eigenvalue weighted by Crippen LogP contribution is 2.39. The molecule has 11 heteroatoms. The van der Waals surface area contributed by atoms with E-state index in [0.717, 1.165) is 19.1 Å². The maximum Gasteiger partial charge on any atom is 0.277 e. The van der Waals surface area contributed by atoms with Crippen molar-refractivity contribution < 1.29 is 31.5 Å². The molecule has 2 aromatic rings. The zero-order valence-corrected chi connectivity index (χ0v) is 19.9. The van der Waals surface area contributed by atoms with Gasteiger partial charge in [-0.15, -0.1) is 0 Å². The van der Waals surface area contributed by atoms with Gasteiger partial charge in [0, 0.05) is 25.0 Å². The van der Waals surface area contributed by atoms with Crippen LogP contribution in [0.15, 0.2) is 34.2 Å². The Morgan fingerprint density at radius 1 is 1.20 bits per heavy atom. The normalized spacial score (nSPS) is 20.0. The number of halogens is 2. The van der Waals surface area contributed by atoms with Crippen LogP contribution in [0.4, 0.5) is 25.8 Å². The van der Waals surface area contributed by atoms with Gasteiger partial charge in [-0.2, -0.15) is 0 Å². The minimum atomic E-state index is -3.67. The van der Waals surface area contributed by atoms with Gasteiger partial charge in [0.05, 0.1) is 53.2 Å². The molecule has 8 nitrogen and oxygen atoms in total. The monoisotopic (exact) mass is 505 g/mol. The second-order valence-electron chi connectivity index (χ2n) is 9.04. The lowest BCUT2D eigenvalue weighted by Crippen LogP contribution is -2.22. The van der Waals surface area contributed by atoms with Crippen LogP contribution in [0, 0.1) is 5.92 Å². The summed E-state index contributed by atoms with van der Waals surface area (Å²) in [6.45, 7) is 1.21. The number of nitrogens with zero attached hydrogens (tertiary/aromatic N) is 2. The molecule has 3 heterocycles. The number of carbonyl (C=O) groups is 1. The molecule has 1 aromatic heterocycles. The molecule has 2 aliphatic heterocycles. The third kappa shape index (κ3) is 5.26. The molecule has 1 aromatic carbocycles. The zero-order valence-electron chi connectivity index (χ0n) is 19.1. The Bertz CT molecular complexity index is 1300. The zero-order chi connectivity index (χ0) is 24.7. The number of carbonyl (C=O) groups excluding carboxylic acids is 1. The number of hydrogen-bond donors (Lipinski definition) is 1. The molecule has 0 unspecified atom stereocenters. The van der Waals surface area contributed by atoms with Gasteiger partial charge in [-0.3, -0.25) is 9.78 Å². The van der Waals surface area contributed by atoms with Crippen molar-refractivity contribution in [3.05, 3.63) is 41.2 Å². The van der Waals surface area contributed by atoms with Crippen LogP contribution < -0.4 is 5.32 Å². The third-order valence-corrected chi connectivity index (χ3v) is 7.36. The van der Waals surface area contributed by atoms with Crippen molar-refractivity contribution in [3.8, 4) is 0 Å². The van der Waals surface area contributed by atoms with Crippen LogP contribution in [-0.2, 0) is 36.9 Å². The van der Waals surface area contributed by atoms with Crippen LogP contribution in [0.25, 0.3) is 0 Å². The van der Waals surface area contributed by atoms with Gasteiger partial charge < -0.3 is 14.8 Å². The molecular weight excluding hydrogens is 480 g/mol. The second kappa shape index (κ2) is 9.36. The Morgan fingerprint density at radius 2 is 2.00 bits per heavy atom. The van der Waals surface area contributed by atoms with Crippen molar-refractivity contribution in [1.82, 2.24) is 4.98 Å². The molecule has 2 fully saturated rings. The number of alkyl halides is 2. The van der Waals surface area contributed by atoms with Crippen molar-refractivity contribution in [2.75, 3.05) is 31.4 Å². The van der Waals surface area contributed by atoms with Gasteiger partial charge in [0.2, 0.25) is 0 Å². The number of rotatable bonds is 8. The first-order valence-electron chi connectivity index (χ1n) is 11.4. The van der Waals surface area contributed by atoms with Crippen molar-refractivity contribution in [3.63, 3.8) is 0 Å². The molecule has 35 heavy (non-hydrogen) atoms. The summed E-state index contributed by atoms with van der Waals surface area (Å²) in [7, 11) is -3.67. The van der Waals surface area contributed by atoms with Crippen LogP contribution in [0.3, 0.4) is 0 Å². The van der Waals surface area contributed by atoms with Crippen molar-refractivity contribution in [2.24, 2.45) is 10.9 Å². The fourth-order valence-electron chi connectivity index (χ4n) is 4.27. The fourth-order valence-corrected chi connectivity index (χ4v) is 5.13. The van der Waals surface area contributed by atoms with Crippen molar-refractivity contribution in [2.45, 2.75) is 43.1 Å². The summed E-state index contributed by atoms with van der Waals surface area (Å²) in [5.74, 6) is 0.0944. The Kier molecular flexibility index (Phi) is 6.41. The summed E-state index contributed by atoms with van der Waals surface area (Å²) in [6.07, 6.45) is -0.351. The molecule has 0 amide bonds. The maximum atomic E-state index is 13.4. The minimum absolute atomic E-state index is 0.0291. The average Bonchev–Trinajstić information content (AvgIpc) is 3.58. The van der Waals surface area contributed by atoms with E-state index in [1.165, 1.54) is 6.07 Å². The van der Waals surface area contributed by atoms with Gasteiger partial charge in [-0.1, -0.05) is 6.07 Å². The number of sulfone groups is 1. The summed E-state index contributed by atoms with van der Waals surface area (Å²) in [4.78, 5) is 20.9. The van der Waals surface area contributed by atoms with Crippen molar-refractivity contribution >= 4 is 38.4 Å². The first-order valence-corrected chi connectivity index (χ1v) is 13.3. The highest BCUT2D eigenvalue weighted by atomic mass is 32.2. The molecular formula is C24H25F2N3O5S. The van der Waals surface area contributed by atoms with E-state index in [9.17, 15) is 22.0 Å². The van der Waals surface area contributed by atoms with Gasteiger partial charge in [-0.25, -0.2) is 22.2 Å². The summed E-state index contributed by atoms with van der Waals surface area (Å²) < 4.78 is 63.2. The molecule has 1 saturated carbocycles. The fraction of sp³-hybridized carbons (Fsp3) is 0.458. The quantitative estimate of drug-likeness (QED) is 0.583. The number of fused-ring (bicyclic) bond motifs is 1. The number of anilines is 2. The second-order valence-corrected chi connectivity index (χ2v) is 11.0. The molecule has 3 aliphatic rings. The molecule has 0 bridgehead atoms. The van der Waals surface area contributed by atoms with E-state index in [1.54, 1.807) is 18.2 Å². The number of pyridine rings is 1. The molecule has 1 aliphatic carbocycles. The Hall–Kier alpha value is -2.76. The summed E-state index contributed by atoms with van der Waals surface area (Å²) in [5.41, 5.74) is 1.96. The molecule has 186 valence electrons. The van der Waals surface area contributed by atoms with E-state index in [0.29, 0.717) is 42.5 Å². The van der Waals surface area contributed by atoms with Gasteiger partial charge in [0.15, 0.2) is 9.84 Å². The van der Waals surface area contributed by atoms with E-state index < -0.39 is 16.3 Å². The van der Waals surface area contributed by atoms with Crippen LogP contribution >= 0.6 is 0 Å². The van der Waals surface area contributed by atoms with E-state index in [1.807, 2.05) is 0 Å². The number of benzene rings is 1. The molecule has 1 N–H and O–H groups in total. The summed E-state index contributed by atoms with van der Waals surface area (Å²) >= 11 is 0. The smallest absolute Gasteiger partial charge is 0.277 e. The highest BCUT2D eigenvalue weighted by Gasteiger charge is 2.31. The first-order chi connectivity index (χ1) is 16.7. The van der Waals surface area contributed by atoms with Crippen LogP contribution in [-0.4, -0.2) is 57.4 Å². The Labute approximate surface area is 201 Å². The lowest BCUT2D eigenvalue weighted by atomic mass is 10.1. The van der Waals surface area contributed by atoms with Gasteiger partial charge in [0.25, 0.3) is 6.43 Å². The van der Waals surface area contributed by atoms with Crippen LogP contribution in [0.1, 0.15) is 35.9 Å². The van der Waals surface area contributed by atoms with Crippen molar-refractivity contribution in [1.29, 1.82) is 0 Å². The van der Waals surface area contributed by atoms with Gasteiger partial charge in [0.1, 0.15) is 17.6 Å². The maximum absolute atomic E-state index is 13.4. The Morgan fingerprint density at radius 3 is 2.66 bits per heavy atom. The molecule has 0 spiro atoms. The first kappa shape index (κ1) is 24.0. The molecule has 1 atom stereocenters. The standard InChI is InChI=1S/C24H25F2N3O5S/c1-35(31,32)22-8-14(21-12-33-6-7-34-21)4-5-16(22)28-17-9-15(10-20(30)13-2-3-13)27-18-11-19(24(25)26)29-23(17)18/h4-5,8-9,13,21,24H,2-3,6-7,10-12H2,1H3,(H,27,28)/t21-/m1/s1. The topological polar surface area (TPSA) is 107 Å². The van der Waals surface area contributed by atoms with Gasteiger partial charge in [-0.05, 0) is 36.6 Å². The Balaban J connectivity index is 1.53. The number of Topliss-reactive ketones (excluding diaryl/α,β-unsaturated/α-hetero) is 1. The number of aliphatic imine (C=N–C) groups is 1. The SMILES string of the molecule is CS(=O)(=O)c1cc([C@H]2COCCO2)ccc1Nc1cc(CC(=O)C2CC2)nc2c1N=C(C(F)F)C2. The number of hydrogen-bond acceptors (Lipinski definition) is 8. The molecule has 1 saturated heterocycles.